The van der Waals surface area contributed by atoms with Crippen LogP contribution in [0, 0.1) is 18.8 Å². The first-order valence-electron chi connectivity index (χ1n) is 9.28. The molecule has 28 heavy (non-hydrogen) atoms. The zero-order valence-corrected chi connectivity index (χ0v) is 16.8. The minimum atomic E-state index is -0.417. The quantitative estimate of drug-likeness (QED) is 0.801. The van der Waals surface area contributed by atoms with Gasteiger partial charge >= 0.3 is 0 Å². The molecule has 2 aliphatic heterocycles. The molecule has 2 N–H and O–H groups in total. The summed E-state index contributed by atoms with van der Waals surface area (Å²) >= 11 is 0. The number of likely N-dealkylation sites (tertiary alicyclic amines) is 2. The minimum Gasteiger partial charge on any atom is -0.342 e. The highest BCUT2D eigenvalue weighted by Crippen LogP contribution is 2.44. The number of nitrogens with zero attached hydrogens (tertiary/aromatic N) is 2. The Morgan fingerprint density at radius 1 is 1.14 bits per heavy atom. The fraction of sp³-hybridized carbons (Fsp3) is 0.450. The van der Waals surface area contributed by atoms with E-state index in [1.54, 1.807) is 0 Å². The van der Waals surface area contributed by atoms with Crippen LogP contribution < -0.4 is 11.1 Å². The molecule has 0 saturated carbocycles. The third-order valence-corrected chi connectivity index (χ3v) is 5.99. The van der Waals surface area contributed by atoms with Gasteiger partial charge in [-0.05, 0) is 31.0 Å². The van der Waals surface area contributed by atoms with Crippen LogP contribution in [0.25, 0.3) is 0 Å². The van der Waals surface area contributed by atoms with E-state index in [1.165, 1.54) is 17.2 Å². The van der Waals surface area contributed by atoms with Gasteiger partial charge in [-0.3, -0.25) is 29.5 Å². The van der Waals surface area contributed by atoms with Gasteiger partial charge in [-0.1, -0.05) is 24.3 Å². The number of benzene rings is 1. The minimum absolute atomic E-state index is 0. The van der Waals surface area contributed by atoms with Crippen LogP contribution in [0.2, 0.25) is 0 Å². The summed E-state index contributed by atoms with van der Waals surface area (Å²) in [5, 5.41) is 4.50. The molecule has 0 spiro atoms. The summed E-state index contributed by atoms with van der Waals surface area (Å²) in [6, 6.07) is 9.94. The van der Waals surface area contributed by atoms with Gasteiger partial charge in [0.05, 0.1) is 6.42 Å². The van der Waals surface area contributed by atoms with Crippen molar-refractivity contribution in [2.24, 2.45) is 11.8 Å². The number of carbonyl (C=O) groups is 1. The van der Waals surface area contributed by atoms with Crippen molar-refractivity contribution in [2.45, 2.75) is 19.4 Å². The number of hydrogen-bond donors (Lipinski definition) is 2. The highest BCUT2D eigenvalue weighted by Gasteiger charge is 2.47. The van der Waals surface area contributed by atoms with Crippen LogP contribution in [0.15, 0.2) is 39.9 Å². The second-order valence-electron chi connectivity index (χ2n) is 7.75. The van der Waals surface area contributed by atoms with Crippen LogP contribution in [-0.2, 0) is 11.2 Å². The molecule has 3 atom stereocenters. The van der Waals surface area contributed by atoms with Crippen LogP contribution in [0.1, 0.15) is 22.7 Å². The molecular formula is C20H25ClN4O3. The summed E-state index contributed by atoms with van der Waals surface area (Å²) in [5.74, 6) is 0.727. The fourth-order valence-electron chi connectivity index (χ4n) is 4.71. The number of aromatic nitrogens is 2. The van der Waals surface area contributed by atoms with Gasteiger partial charge in [0.25, 0.3) is 11.1 Å². The Balaban J connectivity index is 0.00000225. The molecule has 0 radical (unpaired) electrons. The first-order chi connectivity index (χ1) is 12.9. The van der Waals surface area contributed by atoms with Crippen molar-refractivity contribution >= 4 is 18.3 Å². The highest BCUT2D eigenvalue weighted by atomic mass is 35.5. The summed E-state index contributed by atoms with van der Waals surface area (Å²) in [6.07, 6.45) is -0.0381. The van der Waals surface area contributed by atoms with Gasteiger partial charge in [-0.2, -0.15) is 0 Å². The Kier molecular flexibility index (Phi) is 5.76. The van der Waals surface area contributed by atoms with Crippen LogP contribution in [0.3, 0.4) is 0 Å². The Labute approximate surface area is 169 Å². The number of nitrogens with one attached hydrogen (secondary N) is 2. The molecule has 3 heterocycles. The van der Waals surface area contributed by atoms with Gasteiger partial charge in [0, 0.05) is 43.2 Å². The summed E-state index contributed by atoms with van der Waals surface area (Å²) in [5.41, 5.74) is 1.99. The maximum Gasteiger partial charge on any atom is 0.266 e. The van der Waals surface area contributed by atoms with E-state index in [2.05, 4.69) is 53.3 Å². The smallest absolute Gasteiger partial charge is 0.266 e. The number of hydrogen-bond acceptors (Lipinski definition) is 4. The van der Waals surface area contributed by atoms with Crippen LogP contribution >= 0.6 is 12.4 Å². The van der Waals surface area contributed by atoms with Crippen LogP contribution in [0.5, 0.6) is 0 Å². The largest absolute Gasteiger partial charge is 0.342 e. The second-order valence-corrected chi connectivity index (χ2v) is 7.75. The zero-order chi connectivity index (χ0) is 19.1. The number of amides is 1. The number of halogens is 1. The molecule has 2 aromatic rings. The van der Waals surface area contributed by atoms with E-state index in [0.29, 0.717) is 31.0 Å². The monoisotopic (exact) mass is 404 g/mol. The summed E-state index contributed by atoms with van der Waals surface area (Å²) in [7, 11) is 2.15. The van der Waals surface area contributed by atoms with E-state index in [9.17, 15) is 14.4 Å². The van der Waals surface area contributed by atoms with E-state index in [4.69, 9.17) is 0 Å². The average molecular weight is 405 g/mol. The van der Waals surface area contributed by atoms with Crippen molar-refractivity contribution in [3.8, 4) is 0 Å². The number of H-pyrrole nitrogens is 2. The molecule has 0 unspecified atom stereocenters. The maximum absolute atomic E-state index is 12.7. The number of carbonyl (C=O) groups excluding carboxylic acids is 1. The summed E-state index contributed by atoms with van der Waals surface area (Å²) in [6.45, 7) is 4.48. The third-order valence-electron chi connectivity index (χ3n) is 5.99. The molecule has 1 aromatic carbocycles. The van der Waals surface area contributed by atoms with E-state index >= 15 is 0 Å². The van der Waals surface area contributed by atoms with Gasteiger partial charge in [0.15, 0.2) is 0 Å². The molecule has 4 rings (SSSR count). The van der Waals surface area contributed by atoms with Crippen molar-refractivity contribution in [1.82, 2.24) is 20.0 Å². The van der Waals surface area contributed by atoms with Crippen molar-refractivity contribution in [1.29, 1.82) is 0 Å². The molecule has 1 aromatic heterocycles. The number of aromatic amines is 2. The molecule has 2 saturated heterocycles. The molecule has 7 nitrogen and oxygen atoms in total. The number of rotatable bonds is 3. The third kappa shape index (κ3) is 3.64. The van der Waals surface area contributed by atoms with E-state index < -0.39 is 11.1 Å². The normalized spacial score (nSPS) is 24.1. The lowest BCUT2D eigenvalue weighted by atomic mass is 9.88. The predicted molar refractivity (Wildman–Crippen MR) is 109 cm³/mol. The standard InChI is InChI=1S/C20H24N4O3.ClH/c1-12-5-3-4-6-15(12)19-16-11-24(10-14(16)9-23(19)2)18(26)8-13-7-17(25)21-22-20(13)27;/h3-7,14,16,19H,8-11H2,1-2H3,(H,21,25)(H,22,27);1H/t14-,16+,19-;/m0./s1. The average Bonchev–Trinajstić information content (AvgIpc) is 3.16. The van der Waals surface area contributed by atoms with Crippen LogP contribution in [-0.4, -0.2) is 52.6 Å². The molecule has 2 fully saturated rings. The van der Waals surface area contributed by atoms with Crippen molar-refractivity contribution in [3.05, 3.63) is 67.7 Å². The fourth-order valence-corrected chi connectivity index (χ4v) is 4.71. The van der Waals surface area contributed by atoms with Crippen LogP contribution in [0.4, 0.5) is 0 Å². The van der Waals surface area contributed by atoms with Crippen molar-refractivity contribution in [3.63, 3.8) is 0 Å². The summed E-state index contributed by atoms with van der Waals surface area (Å²) < 4.78 is 0. The molecular weight excluding hydrogens is 380 g/mol. The van der Waals surface area contributed by atoms with Gasteiger partial charge < -0.3 is 4.90 Å². The molecule has 8 heteroatoms. The Morgan fingerprint density at radius 3 is 2.64 bits per heavy atom. The van der Waals surface area contributed by atoms with Gasteiger partial charge in [0.1, 0.15) is 0 Å². The molecule has 2 aliphatic rings. The first-order valence-corrected chi connectivity index (χ1v) is 9.28. The van der Waals surface area contributed by atoms with Gasteiger partial charge in [0.2, 0.25) is 5.91 Å². The lowest BCUT2D eigenvalue weighted by Gasteiger charge is -2.28. The van der Waals surface area contributed by atoms with E-state index in [-0.39, 0.29) is 30.3 Å². The first kappa shape index (κ1) is 20.4. The molecule has 0 bridgehead atoms. The van der Waals surface area contributed by atoms with Crippen molar-refractivity contribution < 1.29 is 4.79 Å². The maximum atomic E-state index is 12.7. The molecule has 1 amide bonds. The van der Waals surface area contributed by atoms with Crippen molar-refractivity contribution in [2.75, 3.05) is 26.7 Å². The molecule has 150 valence electrons. The zero-order valence-electron chi connectivity index (χ0n) is 16.0. The topological polar surface area (TPSA) is 89.3 Å². The Bertz CT molecular complexity index is 986. The SMILES string of the molecule is Cc1ccccc1[C@H]1[C@@H]2CN(C(=O)Cc3cc(=O)[nH][nH]c3=O)C[C@@H]2CN1C.Cl. The highest BCUT2D eigenvalue weighted by molar-refractivity contribution is 5.85. The lowest BCUT2D eigenvalue weighted by molar-refractivity contribution is -0.129. The van der Waals surface area contributed by atoms with Gasteiger partial charge in [-0.15, -0.1) is 12.4 Å². The number of fused-ring (bicyclic) bond motifs is 1. The summed E-state index contributed by atoms with van der Waals surface area (Å²) in [4.78, 5) is 40.2. The Hall–Kier alpha value is -2.38. The number of aryl methyl sites for hydroxylation is 1. The van der Waals surface area contributed by atoms with E-state index in [0.717, 1.165) is 6.54 Å². The predicted octanol–water partition coefficient (Wildman–Crippen LogP) is 1.10. The second kappa shape index (κ2) is 7.93. The molecule has 0 aliphatic carbocycles. The van der Waals surface area contributed by atoms with Gasteiger partial charge in [-0.25, -0.2) is 0 Å². The lowest BCUT2D eigenvalue weighted by Crippen LogP contribution is -2.36. The van der Waals surface area contributed by atoms with E-state index in [1.807, 2.05) is 4.90 Å². The Morgan fingerprint density at radius 2 is 1.89 bits per heavy atom.